The average Bonchev–Trinajstić information content (AvgIpc) is 3.57. The first kappa shape index (κ1) is 27.5. The number of alkyl carbamates (subject to hydrolysis) is 1. The summed E-state index contributed by atoms with van der Waals surface area (Å²) in [6.45, 7) is 4.04. The number of rotatable bonds is 14. The first-order valence-electron chi connectivity index (χ1n) is 11.8. The Labute approximate surface area is 220 Å². The molecule has 192 valence electrons. The van der Waals surface area contributed by atoms with Crippen molar-refractivity contribution in [2.45, 2.75) is 51.1 Å². The Morgan fingerprint density at radius 3 is 2.47 bits per heavy atom. The van der Waals surface area contributed by atoms with E-state index in [4.69, 9.17) is 9.15 Å². The van der Waals surface area contributed by atoms with E-state index in [0.29, 0.717) is 18.6 Å². The van der Waals surface area contributed by atoms with Gasteiger partial charge in [-0.3, -0.25) is 9.59 Å². The second-order valence-corrected chi connectivity index (χ2v) is 10.8. The summed E-state index contributed by atoms with van der Waals surface area (Å²) in [5, 5.41) is 7.52. The Hall–Kier alpha value is -3.04. The summed E-state index contributed by atoms with van der Waals surface area (Å²) in [5.74, 6) is 1.27. The lowest BCUT2D eigenvalue weighted by atomic mass is 10.0. The molecule has 3 rings (SSSR count). The van der Waals surface area contributed by atoms with Crippen molar-refractivity contribution < 1.29 is 23.5 Å². The Balaban J connectivity index is 1.60. The van der Waals surface area contributed by atoms with Gasteiger partial charge in [-0.15, -0.1) is 23.1 Å². The van der Waals surface area contributed by atoms with Gasteiger partial charge in [-0.05, 0) is 41.5 Å². The third-order valence-electron chi connectivity index (χ3n) is 5.29. The van der Waals surface area contributed by atoms with Crippen LogP contribution in [0, 0.1) is 5.92 Å². The fourth-order valence-electron chi connectivity index (χ4n) is 3.51. The van der Waals surface area contributed by atoms with E-state index in [0.717, 1.165) is 16.2 Å². The molecule has 1 aromatic carbocycles. The SMILES string of the molecule is CC(C)CC(NC(=O)OCc1ccccc1)C(=O)NC(Cc1cccs1)C(=O)CSCc1ccco1. The van der Waals surface area contributed by atoms with Gasteiger partial charge in [0, 0.05) is 11.3 Å². The third-order valence-corrected chi connectivity index (χ3v) is 7.16. The number of carbonyl (C=O) groups is 3. The summed E-state index contributed by atoms with van der Waals surface area (Å²) in [4.78, 5) is 39.8. The minimum absolute atomic E-state index is 0.0803. The summed E-state index contributed by atoms with van der Waals surface area (Å²) in [6.07, 6.45) is 1.75. The van der Waals surface area contributed by atoms with Crippen molar-refractivity contribution in [3.8, 4) is 0 Å². The number of hydrogen-bond donors (Lipinski definition) is 2. The molecule has 2 N–H and O–H groups in total. The summed E-state index contributed by atoms with van der Waals surface area (Å²) in [6, 6.07) is 15.3. The maximum atomic E-state index is 13.2. The molecule has 0 fully saturated rings. The number of thiophene rings is 1. The van der Waals surface area contributed by atoms with Gasteiger partial charge in [-0.1, -0.05) is 50.2 Å². The molecule has 3 aromatic rings. The Kier molecular flexibility index (Phi) is 11.1. The summed E-state index contributed by atoms with van der Waals surface area (Å²) in [7, 11) is 0. The third kappa shape index (κ3) is 9.54. The van der Waals surface area contributed by atoms with Gasteiger partial charge in [0.15, 0.2) is 5.78 Å². The molecular formula is C27H32N2O5S2. The molecule has 0 spiro atoms. The van der Waals surface area contributed by atoms with Gasteiger partial charge in [0.25, 0.3) is 0 Å². The second-order valence-electron chi connectivity index (χ2n) is 8.77. The van der Waals surface area contributed by atoms with Crippen molar-refractivity contribution in [3.63, 3.8) is 0 Å². The van der Waals surface area contributed by atoms with Gasteiger partial charge < -0.3 is 19.8 Å². The smallest absolute Gasteiger partial charge is 0.408 e. The van der Waals surface area contributed by atoms with E-state index in [1.807, 2.05) is 73.8 Å². The van der Waals surface area contributed by atoms with E-state index >= 15 is 0 Å². The van der Waals surface area contributed by atoms with Gasteiger partial charge in [0.2, 0.25) is 5.91 Å². The fraction of sp³-hybridized carbons (Fsp3) is 0.370. The lowest BCUT2D eigenvalue weighted by Crippen LogP contribution is -2.53. The highest BCUT2D eigenvalue weighted by molar-refractivity contribution is 7.99. The number of benzene rings is 1. The Morgan fingerprint density at radius 1 is 1.00 bits per heavy atom. The highest BCUT2D eigenvalue weighted by Gasteiger charge is 2.28. The Bertz CT molecular complexity index is 1070. The molecule has 0 radical (unpaired) electrons. The molecule has 2 atom stereocenters. The largest absolute Gasteiger partial charge is 0.468 e. The van der Waals surface area contributed by atoms with Gasteiger partial charge >= 0.3 is 6.09 Å². The van der Waals surface area contributed by atoms with Crippen LogP contribution in [0.25, 0.3) is 0 Å². The number of ether oxygens (including phenoxy) is 1. The zero-order valence-electron chi connectivity index (χ0n) is 20.5. The number of hydrogen-bond acceptors (Lipinski definition) is 7. The highest BCUT2D eigenvalue weighted by Crippen LogP contribution is 2.17. The molecule has 2 heterocycles. The summed E-state index contributed by atoms with van der Waals surface area (Å²) >= 11 is 2.98. The van der Waals surface area contributed by atoms with Crippen molar-refractivity contribution in [1.82, 2.24) is 10.6 Å². The quantitative estimate of drug-likeness (QED) is 0.298. The molecule has 0 aliphatic rings. The molecule has 0 aliphatic heterocycles. The first-order chi connectivity index (χ1) is 17.4. The predicted molar refractivity (Wildman–Crippen MR) is 143 cm³/mol. The van der Waals surface area contributed by atoms with E-state index in [9.17, 15) is 14.4 Å². The van der Waals surface area contributed by atoms with E-state index in [2.05, 4.69) is 10.6 Å². The molecule has 2 aromatic heterocycles. The number of thioether (sulfide) groups is 1. The zero-order chi connectivity index (χ0) is 25.8. The zero-order valence-corrected chi connectivity index (χ0v) is 22.1. The summed E-state index contributed by atoms with van der Waals surface area (Å²) in [5.41, 5.74) is 0.853. The molecule has 0 saturated heterocycles. The normalized spacial score (nSPS) is 12.6. The van der Waals surface area contributed by atoms with Crippen LogP contribution in [0.1, 0.15) is 36.5 Å². The number of ketones is 1. The average molecular weight is 529 g/mol. The van der Waals surface area contributed by atoms with Crippen LogP contribution in [0.3, 0.4) is 0 Å². The molecule has 7 nitrogen and oxygen atoms in total. The number of Topliss-reactive ketones (excluding diaryl/α,β-unsaturated/α-hetero) is 1. The van der Waals surface area contributed by atoms with Gasteiger partial charge in [0.1, 0.15) is 18.4 Å². The monoisotopic (exact) mass is 528 g/mol. The van der Waals surface area contributed by atoms with E-state index in [1.165, 1.54) is 23.1 Å². The number of furan rings is 1. The molecule has 36 heavy (non-hydrogen) atoms. The van der Waals surface area contributed by atoms with Crippen molar-refractivity contribution in [1.29, 1.82) is 0 Å². The van der Waals surface area contributed by atoms with Crippen LogP contribution in [-0.4, -0.2) is 35.6 Å². The maximum absolute atomic E-state index is 13.2. The minimum atomic E-state index is -0.817. The number of nitrogens with one attached hydrogen (secondary N) is 2. The van der Waals surface area contributed by atoms with Crippen molar-refractivity contribution in [2.75, 3.05) is 5.75 Å². The van der Waals surface area contributed by atoms with Crippen LogP contribution >= 0.6 is 23.1 Å². The van der Waals surface area contributed by atoms with Crippen molar-refractivity contribution in [2.24, 2.45) is 5.92 Å². The van der Waals surface area contributed by atoms with Crippen LogP contribution in [0.4, 0.5) is 4.79 Å². The lowest BCUT2D eigenvalue weighted by Gasteiger charge is -2.23. The molecule has 0 bridgehead atoms. The van der Waals surface area contributed by atoms with E-state index in [-0.39, 0.29) is 24.1 Å². The van der Waals surface area contributed by atoms with Crippen molar-refractivity contribution >= 4 is 40.9 Å². The highest BCUT2D eigenvalue weighted by atomic mass is 32.2. The predicted octanol–water partition coefficient (Wildman–Crippen LogP) is 5.21. The van der Waals surface area contributed by atoms with E-state index < -0.39 is 24.1 Å². The van der Waals surface area contributed by atoms with Crippen LogP contribution in [0.2, 0.25) is 0 Å². The van der Waals surface area contributed by atoms with Gasteiger partial charge in [-0.25, -0.2) is 4.79 Å². The lowest BCUT2D eigenvalue weighted by molar-refractivity contribution is -0.128. The molecule has 0 saturated carbocycles. The number of carbonyl (C=O) groups excluding carboxylic acids is 3. The molecule has 0 aliphatic carbocycles. The van der Waals surface area contributed by atoms with Crippen LogP contribution < -0.4 is 10.6 Å². The van der Waals surface area contributed by atoms with Gasteiger partial charge in [-0.2, -0.15) is 0 Å². The Morgan fingerprint density at radius 2 is 1.81 bits per heavy atom. The first-order valence-corrected chi connectivity index (χ1v) is 13.9. The van der Waals surface area contributed by atoms with Crippen molar-refractivity contribution in [3.05, 3.63) is 82.4 Å². The van der Waals surface area contributed by atoms with Crippen LogP contribution in [-0.2, 0) is 33.1 Å². The van der Waals surface area contributed by atoms with Crippen LogP contribution in [0.5, 0.6) is 0 Å². The standard InChI is InChI=1S/C27H32N2O5S2/c1-19(2)14-24(29-27(32)34-16-20-8-4-3-5-9-20)26(31)28-23(15-22-11-7-13-36-22)25(30)18-35-17-21-10-6-12-33-21/h3-13,19,23-24H,14-18H2,1-2H3,(H,28,31)(H,29,32). The fourth-order valence-corrected chi connectivity index (χ4v) is 5.13. The molecule has 9 heteroatoms. The molecule has 2 unspecified atom stereocenters. The van der Waals surface area contributed by atoms with Gasteiger partial charge in [0.05, 0.1) is 23.8 Å². The van der Waals surface area contributed by atoms with Crippen LogP contribution in [0.15, 0.2) is 70.7 Å². The number of amides is 2. The summed E-state index contributed by atoms with van der Waals surface area (Å²) < 4.78 is 10.6. The minimum Gasteiger partial charge on any atom is -0.468 e. The topological polar surface area (TPSA) is 97.6 Å². The maximum Gasteiger partial charge on any atom is 0.408 e. The van der Waals surface area contributed by atoms with E-state index in [1.54, 1.807) is 6.26 Å². The molecule has 2 amide bonds. The molecular weight excluding hydrogens is 496 g/mol. The second kappa shape index (κ2) is 14.5.